The molecule has 0 unspecified atom stereocenters. The molecule has 0 spiro atoms. The second-order valence-electron chi connectivity index (χ2n) is 4.07. The standard InChI is InChI=1S/C15H12F2N2O2/c1-21-12-6-2-4-10(8-12)15(20)19-18-9-11-5-3-7-13(16)14(11)17/h2-9H,1H3,(H,19,20)/b18-9+. The summed E-state index contributed by atoms with van der Waals surface area (Å²) in [7, 11) is 1.49. The van der Waals surface area contributed by atoms with E-state index < -0.39 is 17.5 Å². The quantitative estimate of drug-likeness (QED) is 0.695. The number of hydrogen-bond acceptors (Lipinski definition) is 3. The minimum Gasteiger partial charge on any atom is -0.497 e. The highest BCUT2D eigenvalue weighted by Gasteiger charge is 2.07. The third-order valence-corrected chi connectivity index (χ3v) is 2.68. The molecule has 2 aromatic rings. The second-order valence-corrected chi connectivity index (χ2v) is 4.07. The largest absolute Gasteiger partial charge is 0.497 e. The number of hydrazone groups is 1. The molecule has 1 amide bonds. The van der Waals surface area contributed by atoms with E-state index >= 15 is 0 Å². The van der Waals surface area contributed by atoms with Gasteiger partial charge in [-0.2, -0.15) is 5.10 Å². The molecular weight excluding hydrogens is 278 g/mol. The maximum absolute atomic E-state index is 13.4. The predicted octanol–water partition coefficient (Wildman–Crippen LogP) is 2.74. The first kappa shape index (κ1) is 14.6. The Labute approximate surface area is 120 Å². The number of carbonyl (C=O) groups excluding carboxylic acids is 1. The van der Waals surface area contributed by atoms with Crippen LogP contribution in [0.25, 0.3) is 0 Å². The predicted molar refractivity (Wildman–Crippen MR) is 74.4 cm³/mol. The highest BCUT2D eigenvalue weighted by atomic mass is 19.2. The first-order chi connectivity index (χ1) is 10.1. The fourth-order valence-corrected chi connectivity index (χ4v) is 1.61. The van der Waals surface area contributed by atoms with E-state index in [0.717, 1.165) is 12.3 Å². The third kappa shape index (κ3) is 3.62. The van der Waals surface area contributed by atoms with E-state index in [0.29, 0.717) is 11.3 Å². The molecule has 6 heteroatoms. The van der Waals surface area contributed by atoms with Crippen molar-refractivity contribution in [3.05, 3.63) is 65.2 Å². The molecule has 0 heterocycles. The van der Waals surface area contributed by atoms with Crippen LogP contribution in [0.4, 0.5) is 8.78 Å². The molecule has 0 aliphatic carbocycles. The lowest BCUT2D eigenvalue weighted by molar-refractivity contribution is 0.0955. The van der Waals surface area contributed by atoms with Crippen LogP contribution in [0.1, 0.15) is 15.9 Å². The van der Waals surface area contributed by atoms with Crippen LogP contribution in [0, 0.1) is 11.6 Å². The van der Waals surface area contributed by atoms with Gasteiger partial charge in [0.2, 0.25) is 0 Å². The number of hydrogen-bond donors (Lipinski definition) is 1. The zero-order chi connectivity index (χ0) is 15.2. The van der Waals surface area contributed by atoms with Gasteiger partial charge >= 0.3 is 0 Å². The molecule has 2 rings (SSSR count). The molecule has 108 valence electrons. The number of nitrogens with zero attached hydrogens (tertiary/aromatic N) is 1. The van der Waals surface area contributed by atoms with Crippen molar-refractivity contribution in [2.45, 2.75) is 0 Å². The molecule has 0 saturated carbocycles. The fourth-order valence-electron chi connectivity index (χ4n) is 1.61. The molecule has 0 aliphatic heterocycles. The van der Waals surface area contributed by atoms with Crippen molar-refractivity contribution < 1.29 is 18.3 Å². The van der Waals surface area contributed by atoms with E-state index in [-0.39, 0.29) is 5.56 Å². The topological polar surface area (TPSA) is 50.7 Å². The Kier molecular flexibility index (Phi) is 4.61. The summed E-state index contributed by atoms with van der Waals surface area (Å²) in [6.45, 7) is 0. The van der Waals surface area contributed by atoms with E-state index in [1.54, 1.807) is 18.2 Å². The fraction of sp³-hybridized carbons (Fsp3) is 0.0667. The van der Waals surface area contributed by atoms with Crippen molar-refractivity contribution in [2.75, 3.05) is 7.11 Å². The summed E-state index contributed by atoms with van der Waals surface area (Å²) in [4.78, 5) is 11.8. The van der Waals surface area contributed by atoms with Gasteiger partial charge in [-0.3, -0.25) is 4.79 Å². The summed E-state index contributed by atoms with van der Waals surface area (Å²) in [6, 6.07) is 10.2. The Bertz CT molecular complexity index is 687. The number of methoxy groups -OCH3 is 1. The monoisotopic (exact) mass is 290 g/mol. The van der Waals surface area contributed by atoms with Crippen LogP contribution in [-0.4, -0.2) is 19.2 Å². The van der Waals surface area contributed by atoms with Crippen molar-refractivity contribution >= 4 is 12.1 Å². The average molecular weight is 290 g/mol. The van der Waals surface area contributed by atoms with Crippen LogP contribution in [0.15, 0.2) is 47.6 Å². The van der Waals surface area contributed by atoms with E-state index in [9.17, 15) is 13.6 Å². The molecule has 0 aromatic heterocycles. The molecular formula is C15H12F2N2O2. The Morgan fingerprint density at radius 2 is 2.00 bits per heavy atom. The molecule has 0 atom stereocenters. The molecule has 0 bridgehead atoms. The maximum atomic E-state index is 13.4. The first-order valence-electron chi connectivity index (χ1n) is 6.03. The SMILES string of the molecule is COc1cccc(C(=O)N/N=C/c2cccc(F)c2F)c1. The summed E-state index contributed by atoms with van der Waals surface area (Å²) in [5, 5.41) is 3.60. The minimum absolute atomic E-state index is 0.0547. The summed E-state index contributed by atoms with van der Waals surface area (Å²) < 4.78 is 31.3. The minimum atomic E-state index is -1.02. The molecule has 4 nitrogen and oxygen atoms in total. The van der Waals surface area contributed by atoms with Gasteiger partial charge in [-0.15, -0.1) is 0 Å². The second kappa shape index (κ2) is 6.60. The summed E-state index contributed by atoms with van der Waals surface area (Å²) in [6.07, 6.45) is 1.04. The molecule has 2 aromatic carbocycles. The smallest absolute Gasteiger partial charge is 0.271 e. The van der Waals surface area contributed by atoms with Crippen molar-refractivity contribution in [2.24, 2.45) is 5.10 Å². The Morgan fingerprint density at radius 1 is 1.24 bits per heavy atom. The Balaban J connectivity index is 2.06. The van der Waals surface area contributed by atoms with Crippen molar-refractivity contribution in [3.63, 3.8) is 0 Å². The lowest BCUT2D eigenvalue weighted by atomic mass is 10.2. The van der Waals surface area contributed by atoms with Crippen LogP contribution >= 0.6 is 0 Å². The third-order valence-electron chi connectivity index (χ3n) is 2.68. The molecule has 0 fully saturated rings. The molecule has 0 saturated heterocycles. The van der Waals surface area contributed by atoms with E-state index in [1.165, 1.54) is 25.3 Å². The number of amides is 1. The number of carbonyl (C=O) groups is 1. The number of halogens is 2. The van der Waals surface area contributed by atoms with Crippen LogP contribution < -0.4 is 10.2 Å². The van der Waals surface area contributed by atoms with Gasteiger partial charge in [-0.25, -0.2) is 14.2 Å². The van der Waals surface area contributed by atoms with Gasteiger partial charge in [-0.05, 0) is 24.3 Å². The Hall–Kier alpha value is -2.76. The first-order valence-corrected chi connectivity index (χ1v) is 6.03. The van der Waals surface area contributed by atoms with Crippen LogP contribution in [0.5, 0.6) is 5.75 Å². The molecule has 1 N–H and O–H groups in total. The number of rotatable bonds is 4. The lowest BCUT2D eigenvalue weighted by Crippen LogP contribution is -2.17. The lowest BCUT2D eigenvalue weighted by Gasteiger charge is -2.03. The van der Waals surface area contributed by atoms with E-state index in [4.69, 9.17) is 4.74 Å². The van der Waals surface area contributed by atoms with Crippen molar-refractivity contribution in [3.8, 4) is 5.75 Å². The van der Waals surface area contributed by atoms with Gasteiger partial charge in [0.25, 0.3) is 5.91 Å². The summed E-state index contributed by atoms with van der Waals surface area (Å²) >= 11 is 0. The zero-order valence-electron chi connectivity index (χ0n) is 11.1. The van der Waals surface area contributed by atoms with Gasteiger partial charge in [0.05, 0.1) is 13.3 Å². The average Bonchev–Trinajstić information content (AvgIpc) is 2.51. The summed E-state index contributed by atoms with van der Waals surface area (Å²) in [5.74, 6) is -1.94. The van der Waals surface area contributed by atoms with Crippen molar-refractivity contribution in [1.82, 2.24) is 5.43 Å². The molecule has 0 aliphatic rings. The molecule has 21 heavy (non-hydrogen) atoms. The highest BCUT2D eigenvalue weighted by Crippen LogP contribution is 2.12. The van der Waals surface area contributed by atoms with Gasteiger partial charge in [-0.1, -0.05) is 18.2 Å². The van der Waals surface area contributed by atoms with Crippen molar-refractivity contribution in [1.29, 1.82) is 0 Å². The van der Waals surface area contributed by atoms with E-state index in [2.05, 4.69) is 10.5 Å². The van der Waals surface area contributed by atoms with E-state index in [1.807, 2.05) is 0 Å². The van der Waals surface area contributed by atoms with Gasteiger partial charge in [0.1, 0.15) is 5.75 Å². The number of nitrogens with one attached hydrogen (secondary N) is 1. The Morgan fingerprint density at radius 3 is 2.76 bits per heavy atom. The summed E-state index contributed by atoms with van der Waals surface area (Å²) in [5.41, 5.74) is 2.52. The van der Waals surface area contributed by atoms with Gasteiger partial charge in [0.15, 0.2) is 11.6 Å². The number of ether oxygens (including phenoxy) is 1. The zero-order valence-corrected chi connectivity index (χ0v) is 11.1. The van der Waals surface area contributed by atoms with Crippen LogP contribution in [-0.2, 0) is 0 Å². The van der Waals surface area contributed by atoms with Crippen LogP contribution in [0.3, 0.4) is 0 Å². The highest BCUT2D eigenvalue weighted by molar-refractivity contribution is 5.95. The molecule has 0 radical (unpaired) electrons. The number of benzene rings is 2. The maximum Gasteiger partial charge on any atom is 0.271 e. The van der Waals surface area contributed by atoms with Gasteiger partial charge in [0, 0.05) is 11.1 Å². The van der Waals surface area contributed by atoms with Gasteiger partial charge < -0.3 is 4.74 Å². The van der Waals surface area contributed by atoms with Crippen LogP contribution in [0.2, 0.25) is 0 Å². The normalized spacial score (nSPS) is 10.6.